The van der Waals surface area contributed by atoms with Crippen molar-refractivity contribution < 1.29 is 9.90 Å². The summed E-state index contributed by atoms with van der Waals surface area (Å²) in [6.45, 7) is 3.98. The van der Waals surface area contributed by atoms with E-state index in [2.05, 4.69) is 30.7 Å². The number of aliphatic hydroxyl groups is 1. The summed E-state index contributed by atoms with van der Waals surface area (Å²) in [5.74, 6) is -0.0181. The number of nitrogens with zero attached hydrogens (tertiary/aromatic N) is 4. The van der Waals surface area contributed by atoms with E-state index in [0.29, 0.717) is 6.04 Å². The number of likely N-dealkylation sites (tertiary alicyclic amines) is 1. The summed E-state index contributed by atoms with van der Waals surface area (Å²) in [5.41, 5.74) is 3.84. The van der Waals surface area contributed by atoms with Crippen LogP contribution in [0.2, 0.25) is 0 Å². The summed E-state index contributed by atoms with van der Waals surface area (Å²) in [4.78, 5) is 20.0. The lowest BCUT2D eigenvalue weighted by Crippen LogP contribution is -2.63. The van der Waals surface area contributed by atoms with E-state index in [0.717, 1.165) is 65.8 Å². The van der Waals surface area contributed by atoms with Gasteiger partial charge in [0.25, 0.3) is 0 Å². The first-order valence-electron chi connectivity index (χ1n) is 11.1. The maximum Gasteiger partial charge on any atom is 0.239 e. The van der Waals surface area contributed by atoms with Crippen molar-refractivity contribution in [3.05, 3.63) is 46.5 Å². The normalized spacial score (nSPS) is 24.2. The second-order valence-corrected chi connectivity index (χ2v) is 9.87. The topological polar surface area (TPSA) is 103 Å². The zero-order valence-corrected chi connectivity index (χ0v) is 18.9. The van der Waals surface area contributed by atoms with Gasteiger partial charge < -0.3 is 15.7 Å². The molecule has 2 aliphatic rings. The minimum Gasteiger partial charge on any atom is -0.384 e. The van der Waals surface area contributed by atoms with E-state index in [-0.39, 0.29) is 18.5 Å². The fourth-order valence-electron chi connectivity index (χ4n) is 4.81. The minimum absolute atomic E-state index is 0.0181. The van der Waals surface area contributed by atoms with Gasteiger partial charge in [0.05, 0.1) is 40.4 Å². The van der Waals surface area contributed by atoms with Gasteiger partial charge in [0.15, 0.2) is 0 Å². The number of anilines is 1. The molecule has 0 unspecified atom stereocenters. The highest BCUT2D eigenvalue weighted by Crippen LogP contribution is 2.40. The van der Waals surface area contributed by atoms with E-state index in [1.807, 2.05) is 25.1 Å². The number of carbonyl (C=O) groups is 1. The van der Waals surface area contributed by atoms with Gasteiger partial charge in [-0.3, -0.25) is 14.7 Å². The standard InChI is InChI=1S/C23H28N6O2S/c1-15-2-3-19-18(8-15)20(9-26-28-19)25-11-22(30)27-16-12-29(13-16)17-4-6-23(31,7-5-17)21-10-24-14-32-21/h2-3,8-10,14,16-17,31H,4-7,11-13H2,1H3,(H,25,28)(H,27,30). The number of amides is 1. The molecule has 5 rings (SSSR count). The molecule has 2 fully saturated rings. The van der Waals surface area contributed by atoms with Crippen LogP contribution in [0.3, 0.4) is 0 Å². The molecule has 1 saturated heterocycles. The molecule has 3 N–H and O–H groups in total. The smallest absolute Gasteiger partial charge is 0.239 e. The van der Waals surface area contributed by atoms with Gasteiger partial charge in [0.2, 0.25) is 5.91 Å². The average molecular weight is 453 g/mol. The number of hydrogen-bond acceptors (Lipinski definition) is 8. The Morgan fingerprint density at radius 1 is 1.28 bits per heavy atom. The van der Waals surface area contributed by atoms with Crippen molar-refractivity contribution in [3.8, 4) is 0 Å². The summed E-state index contributed by atoms with van der Waals surface area (Å²) in [6.07, 6.45) is 6.93. The van der Waals surface area contributed by atoms with E-state index in [4.69, 9.17) is 0 Å². The van der Waals surface area contributed by atoms with Crippen LogP contribution < -0.4 is 10.6 Å². The van der Waals surface area contributed by atoms with Crippen LogP contribution in [0.25, 0.3) is 10.9 Å². The number of hydrogen-bond donors (Lipinski definition) is 3. The molecule has 168 valence electrons. The van der Waals surface area contributed by atoms with Gasteiger partial charge in [-0.25, -0.2) is 0 Å². The summed E-state index contributed by atoms with van der Waals surface area (Å²) in [6, 6.07) is 6.65. The molecular weight excluding hydrogens is 424 g/mol. The lowest BCUT2D eigenvalue weighted by Gasteiger charge is -2.48. The third-order valence-corrected chi connectivity index (χ3v) is 7.66. The molecule has 3 aromatic rings. The quantitative estimate of drug-likeness (QED) is 0.528. The third kappa shape index (κ3) is 4.32. The van der Waals surface area contributed by atoms with Crippen LogP contribution in [0, 0.1) is 6.92 Å². The fraction of sp³-hybridized carbons (Fsp3) is 0.478. The maximum absolute atomic E-state index is 12.5. The van der Waals surface area contributed by atoms with E-state index in [1.165, 1.54) is 11.3 Å². The average Bonchev–Trinajstić information content (AvgIpc) is 3.31. The zero-order chi connectivity index (χ0) is 22.1. The number of aryl methyl sites for hydroxylation is 1. The molecule has 2 aromatic heterocycles. The Kier molecular flexibility index (Phi) is 5.79. The molecule has 0 atom stereocenters. The predicted molar refractivity (Wildman–Crippen MR) is 125 cm³/mol. The molecule has 9 heteroatoms. The van der Waals surface area contributed by atoms with Crippen LogP contribution in [-0.2, 0) is 10.4 Å². The lowest BCUT2D eigenvalue weighted by molar-refractivity contribution is -0.121. The Bertz CT molecular complexity index is 1090. The van der Waals surface area contributed by atoms with Gasteiger partial charge in [0, 0.05) is 30.7 Å². The summed E-state index contributed by atoms with van der Waals surface area (Å²) in [5, 5.41) is 26.4. The molecule has 0 bridgehead atoms. The van der Waals surface area contributed by atoms with Crippen molar-refractivity contribution in [3.63, 3.8) is 0 Å². The van der Waals surface area contributed by atoms with Crippen LogP contribution in [0.1, 0.15) is 36.1 Å². The van der Waals surface area contributed by atoms with Crippen LogP contribution >= 0.6 is 11.3 Å². The number of benzene rings is 1. The van der Waals surface area contributed by atoms with E-state index >= 15 is 0 Å². The SMILES string of the molecule is Cc1ccc2nncc(NCC(=O)NC3CN(C4CCC(O)(c5cncs5)CC4)C3)c2c1. The molecule has 32 heavy (non-hydrogen) atoms. The Morgan fingerprint density at radius 3 is 2.84 bits per heavy atom. The summed E-state index contributed by atoms with van der Waals surface area (Å²) in [7, 11) is 0. The predicted octanol–water partition coefficient (Wildman–Crippen LogP) is 2.44. The van der Waals surface area contributed by atoms with Gasteiger partial charge in [-0.2, -0.15) is 10.2 Å². The number of thiazole rings is 1. The first-order valence-corrected chi connectivity index (χ1v) is 12.0. The second kappa shape index (κ2) is 8.73. The highest BCUT2D eigenvalue weighted by molar-refractivity contribution is 7.09. The number of carbonyl (C=O) groups excluding carboxylic acids is 1. The van der Waals surface area contributed by atoms with E-state index < -0.39 is 5.60 Å². The molecule has 1 amide bonds. The number of rotatable bonds is 6. The molecule has 0 spiro atoms. The minimum atomic E-state index is -0.716. The molecule has 0 radical (unpaired) electrons. The fourth-order valence-corrected chi connectivity index (χ4v) is 5.59. The number of nitrogens with one attached hydrogen (secondary N) is 2. The molecular formula is C23H28N6O2S. The van der Waals surface area contributed by atoms with Gasteiger partial charge in [0.1, 0.15) is 5.60 Å². The van der Waals surface area contributed by atoms with Gasteiger partial charge in [-0.1, -0.05) is 11.6 Å². The monoisotopic (exact) mass is 452 g/mol. The molecule has 1 aliphatic heterocycles. The van der Waals surface area contributed by atoms with Crippen molar-refractivity contribution in [1.82, 2.24) is 25.4 Å². The van der Waals surface area contributed by atoms with Gasteiger partial charge in [-0.15, -0.1) is 11.3 Å². The molecule has 8 nitrogen and oxygen atoms in total. The van der Waals surface area contributed by atoms with E-state index in [1.54, 1.807) is 17.9 Å². The van der Waals surface area contributed by atoms with Crippen LogP contribution in [0.15, 0.2) is 36.1 Å². The van der Waals surface area contributed by atoms with Crippen LogP contribution in [0.5, 0.6) is 0 Å². The lowest BCUT2D eigenvalue weighted by atomic mass is 9.80. The van der Waals surface area contributed by atoms with Crippen LogP contribution in [-0.4, -0.2) is 62.8 Å². The first-order chi connectivity index (χ1) is 15.5. The summed E-state index contributed by atoms with van der Waals surface area (Å²) >= 11 is 1.53. The summed E-state index contributed by atoms with van der Waals surface area (Å²) < 4.78 is 0. The largest absolute Gasteiger partial charge is 0.384 e. The first kappa shape index (κ1) is 21.2. The Morgan fingerprint density at radius 2 is 2.09 bits per heavy atom. The van der Waals surface area contributed by atoms with Gasteiger partial charge in [-0.05, 0) is 44.7 Å². The Labute approximate surface area is 191 Å². The molecule has 1 aromatic carbocycles. The van der Waals surface area contributed by atoms with Crippen molar-refractivity contribution in [2.45, 2.75) is 50.3 Å². The molecule has 1 saturated carbocycles. The maximum atomic E-state index is 12.5. The van der Waals surface area contributed by atoms with Gasteiger partial charge >= 0.3 is 0 Å². The van der Waals surface area contributed by atoms with Crippen molar-refractivity contribution in [2.24, 2.45) is 0 Å². The third-order valence-electron chi connectivity index (χ3n) is 6.70. The molecule has 3 heterocycles. The van der Waals surface area contributed by atoms with Crippen molar-refractivity contribution >= 4 is 33.8 Å². The van der Waals surface area contributed by atoms with Crippen LogP contribution in [0.4, 0.5) is 5.69 Å². The zero-order valence-electron chi connectivity index (χ0n) is 18.1. The number of fused-ring (bicyclic) bond motifs is 1. The number of aromatic nitrogens is 3. The highest BCUT2D eigenvalue weighted by atomic mass is 32.1. The Balaban J connectivity index is 1.07. The van der Waals surface area contributed by atoms with Crippen molar-refractivity contribution in [1.29, 1.82) is 0 Å². The highest BCUT2D eigenvalue weighted by Gasteiger charge is 2.40. The van der Waals surface area contributed by atoms with E-state index in [9.17, 15) is 9.90 Å². The molecule has 1 aliphatic carbocycles. The van der Waals surface area contributed by atoms with Crippen molar-refractivity contribution in [2.75, 3.05) is 25.0 Å². The Hall–Kier alpha value is -2.62. The second-order valence-electron chi connectivity index (χ2n) is 8.98.